The zero-order valence-corrected chi connectivity index (χ0v) is 15.7. The van der Waals surface area contributed by atoms with E-state index in [1.165, 1.54) is 0 Å². The minimum atomic E-state index is -0.0324. The minimum absolute atomic E-state index is 0.0324. The van der Waals surface area contributed by atoms with Gasteiger partial charge in [0.25, 0.3) is 5.91 Å². The molecule has 3 heterocycles. The molecule has 1 amide bonds. The lowest BCUT2D eigenvalue weighted by molar-refractivity contribution is 0.0749. The molecule has 3 rings (SSSR count). The molecule has 0 spiro atoms. The van der Waals surface area contributed by atoms with Crippen LogP contribution in [0.1, 0.15) is 54.1 Å². The average Bonchev–Trinajstić information content (AvgIpc) is 2.91. The third kappa shape index (κ3) is 4.43. The lowest BCUT2D eigenvalue weighted by atomic mass is 10.1. The Balaban J connectivity index is 1.61. The first-order chi connectivity index (χ1) is 12.6. The number of rotatable bonds is 5. The van der Waals surface area contributed by atoms with Crippen LogP contribution in [0.2, 0.25) is 0 Å². The molecule has 1 saturated heterocycles. The Kier molecular flexibility index (Phi) is 5.92. The van der Waals surface area contributed by atoms with Crippen LogP contribution in [0.3, 0.4) is 0 Å². The number of hydrogen-bond donors (Lipinski definition) is 0. The normalized spacial score (nSPS) is 18.2. The molecule has 1 aliphatic heterocycles. The van der Waals surface area contributed by atoms with E-state index in [0.29, 0.717) is 24.2 Å². The molecule has 8 nitrogen and oxygen atoms in total. The van der Waals surface area contributed by atoms with Crippen LogP contribution in [0.25, 0.3) is 0 Å². The minimum Gasteiger partial charge on any atom is -0.340 e. The fraction of sp³-hybridized carbons (Fsp3) is 0.611. The summed E-state index contributed by atoms with van der Waals surface area (Å²) in [5.41, 5.74) is 1.23. The number of carbonyl (C=O) groups is 1. The van der Waals surface area contributed by atoms with Crippen molar-refractivity contribution in [3.8, 4) is 0 Å². The van der Waals surface area contributed by atoms with Gasteiger partial charge < -0.3 is 9.42 Å². The number of nitrogens with zero attached hydrogens (tertiary/aromatic N) is 6. The highest BCUT2D eigenvalue weighted by Gasteiger charge is 2.26. The van der Waals surface area contributed by atoms with E-state index in [1.54, 1.807) is 19.3 Å². The number of amides is 1. The summed E-state index contributed by atoms with van der Waals surface area (Å²) in [6, 6.07) is 0.403. The van der Waals surface area contributed by atoms with Crippen molar-refractivity contribution in [3.63, 3.8) is 0 Å². The van der Waals surface area contributed by atoms with E-state index >= 15 is 0 Å². The van der Waals surface area contributed by atoms with Crippen LogP contribution in [-0.4, -0.2) is 61.5 Å². The standard InChI is InChI=1S/C18H26N6O2/c1-4-23(12-17-21-14(3)26-22-17)15-6-5-8-24(9-7-15)18(25)16-11-19-13(2)10-20-16/h10-11,15H,4-9,12H2,1-3H3. The van der Waals surface area contributed by atoms with Crippen molar-refractivity contribution in [2.75, 3.05) is 19.6 Å². The summed E-state index contributed by atoms with van der Waals surface area (Å²) in [6.07, 6.45) is 6.15. The van der Waals surface area contributed by atoms with Gasteiger partial charge in [-0.15, -0.1) is 0 Å². The van der Waals surface area contributed by atoms with Gasteiger partial charge in [-0.05, 0) is 32.7 Å². The van der Waals surface area contributed by atoms with E-state index in [1.807, 2.05) is 11.8 Å². The molecule has 1 unspecified atom stereocenters. The van der Waals surface area contributed by atoms with Gasteiger partial charge >= 0.3 is 0 Å². The number of hydrogen-bond acceptors (Lipinski definition) is 7. The van der Waals surface area contributed by atoms with Crippen molar-refractivity contribution >= 4 is 5.91 Å². The fourth-order valence-electron chi connectivity index (χ4n) is 3.40. The molecule has 0 bridgehead atoms. The molecule has 0 aromatic carbocycles. The third-order valence-corrected chi connectivity index (χ3v) is 4.82. The van der Waals surface area contributed by atoms with Gasteiger partial charge in [0.15, 0.2) is 5.82 Å². The van der Waals surface area contributed by atoms with Crippen molar-refractivity contribution in [2.45, 2.75) is 52.6 Å². The fourth-order valence-corrected chi connectivity index (χ4v) is 3.40. The van der Waals surface area contributed by atoms with Crippen molar-refractivity contribution in [2.24, 2.45) is 0 Å². The Morgan fingerprint density at radius 3 is 2.77 bits per heavy atom. The lowest BCUT2D eigenvalue weighted by Gasteiger charge is -2.28. The smallest absolute Gasteiger partial charge is 0.274 e. The van der Waals surface area contributed by atoms with Crippen molar-refractivity contribution < 1.29 is 9.32 Å². The molecule has 2 aromatic heterocycles. The van der Waals surface area contributed by atoms with E-state index in [0.717, 1.165) is 50.4 Å². The Morgan fingerprint density at radius 2 is 2.12 bits per heavy atom. The number of carbonyl (C=O) groups excluding carboxylic acids is 1. The highest BCUT2D eigenvalue weighted by atomic mass is 16.5. The van der Waals surface area contributed by atoms with Gasteiger partial charge in [-0.25, -0.2) is 4.98 Å². The second-order valence-corrected chi connectivity index (χ2v) is 6.71. The largest absolute Gasteiger partial charge is 0.340 e. The topological polar surface area (TPSA) is 88.3 Å². The summed E-state index contributed by atoms with van der Waals surface area (Å²) in [5.74, 6) is 1.28. The molecule has 8 heteroatoms. The SMILES string of the molecule is CCN(Cc1noc(C)n1)C1CCCN(C(=O)c2cnc(C)cn2)CC1. The second kappa shape index (κ2) is 8.35. The highest BCUT2D eigenvalue weighted by Crippen LogP contribution is 2.19. The molecule has 26 heavy (non-hydrogen) atoms. The zero-order valence-electron chi connectivity index (χ0n) is 15.7. The summed E-state index contributed by atoms with van der Waals surface area (Å²) in [7, 11) is 0. The summed E-state index contributed by atoms with van der Waals surface area (Å²) in [4.78, 5) is 29.7. The summed E-state index contributed by atoms with van der Waals surface area (Å²) in [5, 5.41) is 4.00. The number of aromatic nitrogens is 4. The van der Waals surface area contributed by atoms with E-state index in [-0.39, 0.29) is 5.91 Å². The lowest BCUT2D eigenvalue weighted by Crippen LogP contribution is -2.37. The molecule has 1 fully saturated rings. The molecule has 0 saturated carbocycles. The highest BCUT2D eigenvalue weighted by molar-refractivity contribution is 5.92. The number of likely N-dealkylation sites (tertiary alicyclic amines) is 1. The maximum absolute atomic E-state index is 12.7. The van der Waals surface area contributed by atoms with Crippen molar-refractivity contribution in [1.82, 2.24) is 29.9 Å². The molecule has 1 aliphatic rings. The van der Waals surface area contributed by atoms with Crippen LogP contribution < -0.4 is 0 Å². The van der Waals surface area contributed by atoms with Gasteiger partial charge in [0.05, 0.1) is 18.4 Å². The van der Waals surface area contributed by atoms with E-state index in [2.05, 4.69) is 31.9 Å². The van der Waals surface area contributed by atoms with E-state index in [4.69, 9.17) is 4.52 Å². The van der Waals surface area contributed by atoms with E-state index < -0.39 is 0 Å². The van der Waals surface area contributed by atoms with Crippen LogP contribution in [0, 0.1) is 13.8 Å². The third-order valence-electron chi connectivity index (χ3n) is 4.82. The van der Waals surface area contributed by atoms with Gasteiger partial charge in [0.2, 0.25) is 5.89 Å². The van der Waals surface area contributed by atoms with Crippen molar-refractivity contribution in [1.29, 1.82) is 0 Å². The molecule has 1 atom stereocenters. The monoisotopic (exact) mass is 358 g/mol. The van der Waals surface area contributed by atoms with Gasteiger partial charge in [-0.2, -0.15) is 4.98 Å². The van der Waals surface area contributed by atoms with Crippen molar-refractivity contribution in [3.05, 3.63) is 35.5 Å². The van der Waals surface area contributed by atoms with Crippen LogP contribution >= 0.6 is 0 Å². The summed E-state index contributed by atoms with van der Waals surface area (Å²) >= 11 is 0. The van der Waals surface area contributed by atoms with Crippen LogP contribution in [0.4, 0.5) is 0 Å². The van der Waals surface area contributed by atoms with E-state index in [9.17, 15) is 4.79 Å². The average molecular weight is 358 g/mol. The molecule has 140 valence electrons. The maximum atomic E-state index is 12.7. The predicted octanol–water partition coefficient (Wildman–Crippen LogP) is 1.99. The molecular weight excluding hydrogens is 332 g/mol. The molecule has 0 radical (unpaired) electrons. The van der Waals surface area contributed by atoms with Crippen LogP contribution in [0.5, 0.6) is 0 Å². The first-order valence-electron chi connectivity index (χ1n) is 9.18. The van der Waals surface area contributed by atoms with Gasteiger partial charge in [0.1, 0.15) is 5.69 Å². The quantitative estimate of drug-likeness (QED) is 0.807. The summed E-state index contributed by atoms with van der Waals surface area (Å²) in [6.45, 7) is 8.87. The van der Waals surface area contributed by atoms with Gasteiger partial charge in [-0.1, -0.05) is 12.1 Å². The number of aryl methyl sites for hydroxylation is 2. The first-order valence-corrected chi connectivity index (χ1v) is 9.18. The van der Waals surface area contributed by atoms with Crippen LogP contribution in [-0.2, 0) is 6.54 Å². The Bertz CT molecular complexity index is 730. The maximum Gasteiger partial charge on any atom is 0.274 e. The Labute approximate surface area is 153 Å². The Hall–Kier alpha value is -2.35. The Morgan fingerprint density at radius 1 is 1.27 bits per heavy atom. The predicted molar refractivity (Wildman–Crippen MR) is 95.4 cm³/mol. The second-order valence-electron chi connectivity index (χ2n) is 6.71. The molecule has 0 N–H and O–H groups in total. The first kappa shape index (κ1) is 18.4. The zero-order chi connectivity index (χ0) is 18.5. The van der Waals surface area contributed by atoms with Gasteiger partial charge in [0, 0.05) is 32.3 Å². The molecule has 2 aromatic rings. The van der Waals surface area contributed by atoms with Gasteiger partial charge in [-0.3, -0.25) is 14.7 Å². The van der Waals surface area contributed by atoms with Crippen LogP contribution in [0.15, 0.2) is 16.9 Å². The summed E-state index contributed by atoms with van der Waals surface area (Å²) < 4.78 is 5.07. The molecule has 0 aliphatic carbocycles. The molecular formula is C18H26N6O2.